The number of aryl methyl sites for hydroxylation is 2. The number of piperidine rings is 1. The molecule has 24 heavy (non-hydrogen) atoms. The molecule has 1 aromatic heterocycles. The zero-order chi connectivity index (χ0) is 17.7. The van der Waals surface area contributed by atoms with Crippen LogP contribution in [0.5, 0.6) is 0 Å². The zero-order valence-corrected chi connectivity index (χ0v) is 15.4. The maximum Gasteiger partial charge on any atom is 0.309 e. The minimum Gasteiger partial charge on any atom is -0.466 e. The highest BCUT2D eigenvalue weighted by atomic mass is 16.5. The second-order valence-electron chi connectivity index (χ2n) is 6.19. The second-order valence-corrected chi connectivity index (χ2v) is 6.19. The first-order valence-electron chi connectivity index (χ1n) is 8.59. The van der Waals surface area contributed by atoms with Crippen molar-refractivity contribution in [3.63, 3.8) is 0 Å². The van der Waals surface area contributed by atoms with Crippen molar-refractivity contribution in [2.45, 2.75) is 40.2 Å². The first-order valence-corrected chi connectivity index (χ1v) is 8.59. The molecule has 1 aliphatic heterocycles. The average molecular weight is 335 g/mol. The summed E-state index contributed by atoms with van der Waals surface area (Å²) in [5, 5.41) is 7.87. The number of nitrogens with one attached hydrogen (secondary N) is 1. The Hall–Kier alpha value is -2.05. The predicted molar refractivity (Wildman–Crippen MR) is 93.8 cm³/mol. The van der Waals surface area contributed by atoms with Gasteiger partial charge in [-0.15, -0.1) is 0 Å². The molecule has 0 aliphatic carbocycles. The van der Waals surface area contributed by atoms with Gasteiger partial charge in [0.2, 0.25) is 0 Å². The van der Waals surface area contributed by atoms with Gasteiger partial charge >= 0.3 is 5.97 Å². The fourth-order valence-electron chi connectivity index (χ4n) is 3.16. The molecule has 2 heterocycles. The van der Waals surface area contributed by atoms with E-state index >= 15 is 0 Å². The number of ether oxygens (including phenoxy) is 1. The number of nitrogens with zero attached hydrogens (tertiary/aromatic N) is 4. The lowest BCUT2D eigenvalue weighted by Gasteiger charge is -2.33. The van der Waals surface area contributed by atoms with Gasteiger partial charge in [0.05, 0.1) is 18.2 Å². The monoisotopic (exact) mass is 335 g/mol. The molecule has 2 rings (SSSR count). The number of likely N-dealkylation sites (tertiary alicyclic amines) is 1. The first kappa shape index (κ1) is 18.3. The summed E-state index contributed by atoms with van der Waals surface area (Å²) in [5.74, 6) is 0.823. The average Bonchev–Trinajstić information content (AvgIpc) is 2.82. The van der Waals surface area contributed by atoms with Crippen LogP contribution in [0.3, 0.4) is 0 Å². The normalized spacial score (nSPS) is 16.4. The van der Waals surface area contributed by atoms with Gasteiger partial charge in [0, 0.05) is 45.0 Å². The van der Waals surface area contributed by atoms with Crippen molar-refractivity contribution in [1.29, 1.82) is 0 Å². The number of hydrogen-bond acceptors (Lipinski definition) is 4. The van der Waals surface area contributed by atoms with Crippen molar-refractivity contribution in [2.24, 2.45) is 18.0 Å². The highest BCUT2D eigenvalue weighted by Gasteiger charge is 2.27. The Balaban J connectivity index is 1.90. The summed E-state index contributed by atoms with van der Waals surface area (Å²) in [5.41, 5.74) is 3.41. The van der Waals surface area contributed by atoms with Crippen molar-refractivity contribution in [2.75, 3.05) is 26.7 Å². The third-order valence-electron chi connectivity index (χ3n) is 4.71. The van der Waals surface area contributed by atoms with Crippen LogP contribution in [0.4, 0.5) is 0 Å². The molecule has 0 radical (unpaired) electrons. The van der Waals surface area contributed by atoms with Gasteiger partial charge in [-0.1, -0.05) is 0 Å². The van der Waals surface area contributed by atoms with Crippen LogP contribution in [-0.2, 0) is 23.1 Å². The van der Waals surface area contributed by atoms with Gasteiger partial charge in [0.15, 0.2) is 5.96 Å². The van der Waals surface area contributed by atoms with E-state index in [-0.39, 0.29) is 11.9 Å². The minimum atomic E-state index is -0.0679. The Labute approximate surface area is 144 Å². The Morgan fingerprint density at radius 1 is 1.38 bits per heavy atom. The summed E-state index contributed by atoms with van der Waals surface area (Å²) in [6.45, 7) is 8.73. The van der Waals surface area contributed by atoms with Gasteiger partial charge in [-0.3, -0.25) is 14.5 Å². The summed E-state index contributed by atoms with van der Waals surface area (Å²) < 4.78 is 7.03. The van der Waals surface area contributed by atoms with Gasteiger partial charge in [-0.05, 0) is 33.6 Å². The minimum absolute atomic E-state index is 0.0159. The van der Waals surface area contributed by atoms with Crippen molar-refractivity contribution in [3.05, 3.63) is 17.0 Å². The van der Waals surface area contributed by atoms with Gasteiger partial charge in [0.25, 0.3) is 0 Å². The molecule has 0 amide bonds. The SMILES string of the molecule is CCOC(=O)C1CCN(C(=NC)NCc2c(C)nn(C)c2C)CC1. The maximum atomic E-state index is 11.8. The standard InChI is InChI=1S/C17H29N5O2/c1-6-24-16(23)14-7-9-22(10-8-14)17(18-4)19-11-15-12(2)20-21(5)13(15)3/h14H,6-11H2,1-5H3,(H,18,19). The largest absolute Gasteiger partial charge is 0.466 e. The molecule has 0 aromatic carbocycles. The van der Waals surface area contributed by atoms with E-state index in [4.69, 9.17) is 4.74 Å². The third-order valence-corrected chi connectivity index (χ3v) is 4.71. The smallest absolute Gasteiger partial charge is 0.309 e. The van der Waals surface area contributed by atoms with Crippen molar-refractivity contribution < 1.29 is 9.53 Å². The van der Waals surface area contributed by atoms with Crippen LogP contribution >= 0.6 is 0 Å². The van der Waals surface area contributed by atoms with Gasteiger partial charge in [0.1, 0.15) is 0 Å². The molecule has 1 aromatic rings. The zero-order valence-electron chi connectivity index (χ0n) is 15.4. The Morgan fingerprint density at radius 2 is 2.04 bits per heavy atom. The second kappa shape index (κ2) is 8.17. The molecule has 1 fully saturated rings. The van der Waals surface area contributed by atoms with Crippen LogP contribution in [-0.4, -0.2) is 53.4 Å². The number of aliphatic imine (C=N–C) groups is 1. The van der Waals surface area contributed by atoms with Crippen molar-refractivity contribution >= 4 is 11.9 Å². The molecule has 0 unspecified atom stereocenters. The van der Waals surface area contributed by atoms with E-state index in [1.165, 1.54) is 5.56 Å². The summed E-state index contributed by atoms with van der Waals surface area (Å²) in [7, 11) is 3.75. The molecule has 1 aliphatic rings. The van der Waals surface area contributed by atoms with Gasteiger partial charge < -0.3 is 15.0 Å². The number of guanidine groups is 1. The Kier molecular flexibility index (Phi) is 6.23. The van der Waals surface area contributed by atoms with Crippen LogP contribution in [0.25, 0.3) is 0 Å². The van der Waals surface area contributed by atoms with Crippen LogP contribution in [0.1, 0.15) is 36.7 Å². The molecule has 7 heteroatoms. The number of carbonyl (C=O) groups is 1. The Bertz CT molecular complexity index is 600. The lowest BCUT2D eigenvalue weighted by molar-refractivity contribution is -0.149. The fraction of sp³-hybridized carbons (Fsp3) is 0.706. The van der Waals surface area contributed by atoms with E-state index in [0.29, 0.717) is 13.2 Å². The molecule has 0 bridgehead atoms. The van der Waals surface area contributed by atoms with E-state index in [1.807, 2.05) is 25.6 Å². The molecular formula is C17H29N5O2. The molecule has 0 atom stereocenters. The molecule has 0 spiro atoms. The van der Waals surface area contributed by atoms with E-state index in [0.717, 1.165) is 43.3 Å². The number of aromatic nitrogens is 2. The number of rotatable bonds is 4. The summed E-state index contributed by atoms with van der Waals surface area (Å²) in [4.78, 5) is 18.4. The highest BCUT2D eigenvalue weighted by Crippen LogP contribution is 2.19. The van der Waals surface area contributed by atoms with E-state index in [1.54, 1.807) is 7.05 Å². The van der Waals surface area contributed by atoms with Crippen molar-refractivity contribution in [3.8, 4) is 0 Å². The van der Waals surface area contributed by atoms with Crippen molar-refractivity contribution in [1.82, 2.24) is 20.0 Å². The molecule has 0 saturated carbocycles. The molecule has 1 N–H and O–H groups in total. The van der Waals surface area contributed by atoms with Crippen LogP contribution in [0, 0.1) is 19.8 Å². The molecule has 134 valence electrons. The van der Waals surface area contributed by atoms with Gasteiger partial charge in [-0.2, -0.15) is 5.10 Å². The number of carbonyl (C=O) groups excluding carboxylic acids is 1. The van der Waals surface area contributed by atoms with Crippen LogP contribution in [0.2, 0.25) is 0 Å². The summed E-state index contributed by atoms with van der Waals surface area (Å²) in [6.07, 6.45) is 1.62. The summed E-state index contributed by atoms with van der Waals surface area (Å²) >= 11 is 0. The quantitative estimate of drug-likeness (QED) is 0.511. The summed E-state index contributed by atoms with van der Waals surface area (Å²) in [6, 6.07) is 0. The van der Waals surface area contributed by atoms with Crippen LogP contribution < -0.4 is 5.32 Å². The molecule has 7 nitrogen and oxygen atoms in total. The molecule has 1 saturated heterocycles. The predicted octanol–water partition coefficient (Wildman–Crippen LogP) is 1.39. The number of esters is 1. The van der Waals surface area contributed by atoms with E-state index < -0.39 is 0 Å². The third kappa shape index (κ3) is 4.07. The van der Waals surface area contributed by atoms with E-state index in [9.17, 15) is 4.79 Å². The fourth-order valence-corrected chi connectivity index (χ4v) is 3.16. The first-order chi connectivity index (χ1) is 11.5. The van der Waals surface area contributed by atoms with E-state index in [2.05, 4.69) is 27.2 Å². The Morgan fingerprint density at radius 3 is 2.54 bits per heavy atom. The van der Waals surface area contributed by atoms with Crippen LogP contribution in [0.15, 0.2) is 4.99 Å². The topological polar surface area (TPSA) is 71.8 Å². The highest BCUT2D eigenvalue weighted by molar-refractivity contribution is 5.80. The molecular weight excluding hydrogens is 306 g/mol. The number of hydrogen-bond donors (Lipinski definition) is 1. The maximum absolute atomic E-state index is 11.8. The lowest BCUT2D eigenvalue weighted by Crippen LogP contribution is -2.46. The lowest BCUT2D eigenvalue weighted by atomic mass is 9.97. The van der Waals surface area contributed by atoms with Gasteiger partial charge in [-0.25, -0.2) is 0 Å².